The number of carbonyl (C=O) groups excluding carboxylic acids is 3. The van der Waals surface area contributed by atoms with Gasteiger partial charge in [0.05, 0.1) is 29.2 Å². The van der Waals surface area contributed by atoms with Gasteiger partial charge in [-0.2, -0.15) is 0 Å². The summed E-state index contributed by atoms with van der Waals surface area (Å²) in [6.07, 6.45) is 7.43. The molecule has 0 spiro atoms. The summed E-state index contributed by atoms with van der Waals surface area (Å²) < 4.78 is 11.0. The maximum Gasteiger partial charge on any atom is 0.339 e. The number of Topliss-reactive ketones (excluding diaryl/α,β-unsaturated/α-hetero) is 2. The van der Waals surface area contributed by atoms with Gasteiger partial charge < -0.3 is 9.15 Å². The number of hydrogen-bond acceptors (Lipinski definition) is 5. The molecular formula is C24H19ClO5. The summed E-state index contributed by atoms with van der Waals surface area (Å²) in [5, 5.41) is 0.286. The summed E-state index contributed by atoms with van der Waals surface area (Å²) in [7, 11) is 0. The predicted octanol–water partition coefficient (Wildman–Crippen LogP) is 5.04. The second kappa shape index (κ2) is 8.98. The minimum absolute atomic E-state index is 0.209. The Balaban J connectivity index is 1.94. The van der Waals surface area contributed by atoms with E-state index in [1.807, 2.05) is 6.92 Å². The van der Waals surface area contributed by atoms with Crippen LogP contribution in [0, 0.1) is 12.3 Å². The Bertz CT molecular complexity index is 1140. The van der Waals surface area contributed by atoms with Gasteiger partial charge in [-0.25, -0.2) is 4.79 Å². The molecule has 0 saturated carbocycles. The molecule has 1 aliphatic carbocycles. The van der Waals surface area contributed by atoms with E-state index in [0.717, 1.165) is 0 Å². The van der Waals surface area contributed by atoms with E-state index in [9.17, 15) is 14.4 Å². The topological polar surface area (TPSA) is 73.6 Å². The molecule has 0 bridgehead atoms. The molecule has 1 heterocycles. The van der Waals surface area contributed by atoms with Crippen LogP contribution in [0.15, 0.2) is 51.5 Å². The third-order valence-corrected chi connectivity index (χ3v) is 4.97. The van der Waals surface area contributed by atoms with Gasteiger partial charge in [0.25, 0.3) is 0 Å². The molecule has 30 heavy (non-hydrogen) atoms. The standard InChI is InChI=1S/C24H19ClO5/c1-4-10-29-24(28)19-11-15(6-8-20(19)25)23-9-7-16(30-23)12-18-14(3)17(5-2)21(26)13-22(18)27/h2,6-9,11-12H,4,10,13H2,1,3H3/b18-12-. The van der Waals surface area contributed by atoms with Crippen molar-refractivity contribution in [1.82, 2.24) is 0 Å². The van der Waals surface area contributed by atoms with E-state index >= 15 is 0 Å². The van der Waals surface area contributed by atoms with Crippen molar-refractivity contribution < 1.29 is 23.5 Å². The smallest absolute Gasteiger partial charge is 0.339 e. The molecule has 0 N–H and O–H groups in total. The summed E-state index contributed by atoms with van der Waals surface area (Å²) in [5.41, 5.74) is 1.90. The molecule has 3 rings (SSSR count). The fourth-order valence-electron chi connectivity index (χ4n) is 3.10. The molecule has 152 valence electrons. The predicted molar refractivity (Wildman–Crippen MR) is 114 cm³/mol. The molecule has 0 fully saturated rings. The van der Waals surface area contributed by atoms with E-state index in [4.69, 9.17) is 27.2 Å². The Labute approximate surface area is 179 Å². The number of benzene rings is 1. The van der Waals surface area contributed by atoms with Crippen molar-refractivity contribution in [2.45, 2.75) is 26.7 Å². The summed E-state index contributed by atoms with van der Waals surface area (Å²) in [4.78, 5) is 36.4. The minimum Gasteiger partial charge on any atom is -0.462 e. The zero-order valence-electron chi connectivity index (χ0n) is 16.6. The van der Waals surface area contributed by atoms with Gasteiger partial charge in [-0.15, -0.1) is 6.42 Å². The average molecular weight is 423 g/mol. The lowest BCUT2D eigenvalue weighted by molar-refractivity contribution is -0.123. The lowest BCUT2D eigenvalue weighted by Gasteiger charge is -2.14. The number of allylic oxidation sites excluding steroid dienone is 3. The van der Waals surface area contributed by atoms with Crippen LogP contribution >= 0.6 is 11.6 Å². The van der Waals surface area contributed by atoms with Crippen LogP contribution in [-0.4, -0.2) is 24.1 Å². The molecule has 0 aliphatic heterocycles. The van der Waals surface area contributed by atoms with Gasteiger partial charge in [-0.1, -0.05) is 24.4 Å². The summed E-state index contributed by atoms with van der Waals surface area (Å²) in [5.74, 6) is 2.11. The molecule has 0 saturated heterocycles. The lowest BCUT2D eigenvalue weighted by atomic mass is 9.86. The number of carbonyl (C=O) groups is 3. The van der Waals surface area contributed by atoms with Crippen molar-refractivity contribution in [3.05, 3.63) is 63.4 Å². The van der Waals surface area contributed by atoms with Crippen LogP contribution in [0.25, 0.3) is 17.4 Å². The summed E-state index contributed by atoms with van der Waals surface area (Å²) in [6.45, 7) is 3.86. The zero-order chi connectivity index (χ0) is 21.8. The number of terminal acetylenes is 1. The van der Waals surface area contributed by atoms with E-state index in [1.54, 1.807) is 43.3 Å². The molecule has 1 aromatic heterocycles. The van der Waals surface area contributed by atoms with Gasteiger partial charge in [-0.05, 0) is 55.3 Å². The highest BCUT2D eigenvalue weighted by molar-refractivity contribution is 6.33. The van der Waals surface area contributed by atoms with Gasteiger partial charge in [0.1, 0.15) is 11.5 Å². The number of ketones is 2. The average Bonchev–Trinajstić information content (AvgIpc) is 3.18. The van der Waals surface area contributed by atoms with Crippen LogP contribution < -0.4 is 0 Å². The van der Waals surface area contributed by atoms with E-state index in [1.165, 1.54) is 0 Å². The number of halogens is 1. The van der Waals surface area contributed by atoms with Crippen molar-refractivity contribution in [3.63, 3.8) is 0 Å². The van der Waals surface area contributed by atoms with Crippen molar-refractivity contribution in [2.75, 3.05) is 6.61 Å². The summed E-state index contributed by atoms with van der Waals surface area (Å²) >= 11 is 6.14. The Morgan fingerprint density at radius 2 is 2.03 bits per heavy atom. The number of hydrogen-bond donors (Lipinski definition) is 0. The first kappa shape index (κ1) is 21.4. The maximum absolute atomic E-state index is 12.3. The number of rotatable bonds is 5. The SMILES string of the molecule is C#CC1=C(C)/C(=C/c2ccc(-c3ccc(Cl)c(C(=O)OCCC)c3)o2)C(=O)CC1=O. The molecule has 2 aromatic rings. The van der Waals surface area contributed by atoms with Crippen molar-refractivity contribution in [3.8, 4) is 23.7 Å². The van der Waals surface area contributed by atoms with Gasteiger partial charge in [0.15, 0.2) is 11.6 Å². The first-order valence-electron chi connectivity index (χ1n) is 9.38. The summed E-state index contributed by atoms with van der Waals surface area (Å²) in [6, 6.07) is 8.33. The molecule has 1 aliphatic rings. The fourth-order valence-corrected chi connectivity index (χ4v) is 3.29. The third-order valence-electron chi connectivity index (χ3n) is 4.65. The molecule has 5 nitrogen and oxygen atoms in total. The van der Waals surface area contributed by atoms with Crippen LogP contribution in [0.2, 0.25) is 5.02 Å². The Kier molecular flexibility index (Phi) is 6.39. The number of ether oxygens (including phenoxy) is 1. The molecule has 0 amide bonds. The van der Waals surface area contributed by atoms with Crippen molar-refractivity contribution in [2.24, 2.45) is 0 Å². The normalized spacial score (nSPS) is 15.5. The molecule has 0 atom stereocenters. The monoisotopic (exact) mass is 422 g/mol. The first-order chi connectivity index (χ1) is 14.3. The lowest BCUT2D eigenvalue weighted by Crippen LogP contribution is -2.20. The second-order valence-corrected chi connectivity index (χ2v) is 7.17. The van der Waals surface area contributed by atoms with E-state index in [-0.39, 0.29) is 34.1 Å². The van der Waals surface area contributed by atoms with Gasteiger partial charge in [0.2, 0.25) is 0 Å². The molecule has 1 aromatic carbocycles. The van der Waals surface area contributed by atoms with E-state index in [0.29, 0.717) is 41.3 Å². The molecule has 6 heteroatoms. The number of furan rings is 1. The fraction of sp³-hybridized carbons (Fsp3) is 0.208. The quantitative estimate of drug-likeness (QED) is 0.292. The second-order valence-electron chi connectivity index (χ2n) is 6.76. The zero-order valence-corrected chi connectivity index (χ0v) is 17.3. The Morgan fingerprint density at radius 3 is 2.73 bits per heavy atom. The maximum atomic E-state index is 12.3. The number of esters is 1. The van der Waals surface area contributed by atoms with Crippen LogP contribution in [0.5, 0.6) is 0 Å². The highest BCUT2D eigenvalue weighted by Crippen LogP contribution is 2.30. The Hall–Kier alpha value is -3.36. The van der Waals surface area contributed by atoms with Crippen LogP contribution in [-0.2, 0) is 14.3 Å². The van der Waals surface area contributed by atoms with Crippen molar-refractivity contribution in [1.29, 1.82) is 0 Å². The largest absolute Gasteiger partial charge is 0.462 e. The molecule has 0 radical (unpaired) electrons. The highest BCUT2D eigenvalue weighted by atomic mass is 35.5. The third kappa shape index (κ3) is 4.29. The molecule has 0 unspecified atom stereocenters. The van der Waals surface area contributed by atoms with Gasteiger partial charge in [-0.3, -0.25) is 9.59 Å². The molecular weight excluding hydrogens is 404 g/mol. The van der Waals surface area contributed by atoms with E-state index < -0.39 is 5.97 Å². The highest BCUT2D eigenvalue weighted by Gasteiger charge is 2.27. The van der Waals surface area contributed by atoms with Crippen LogP contribution in [0.3, 0.4) is 0 Å². The Morgan fingerprint density at radius 1 is 1.27 bits per heavy atom. The van der Waals surface area contributed by atoms with Gasteiger partial charge >= 0.3 is 5.97 Å². The first-order valence-corrected chi connectivity index (χ1v) is 9.76. The van der Waals surface area contributed by atoms with Gasteiger partial charge in [0, 0.05) is 11.1 Å². The van der Waals surface area contributed by atoms with Crippen LogP contribution in [0.1, 0.15) is 42.8 Å². The minimum atomic E-state index is -0.502. The van der Waals surface area contributed by atoms with Crippen molar-refractivity contribution >= 4 is 35.2 Å². The van der Waals surface area contributed by atoms with Crippen LogP contribution in [0.4, 0.5) is 0 Å². The van der Waals surface area contributed by atoms with E-state index in [2.05, 4.69) is 5.92 Å².